The van der Waals surface area contributed by atoms with Crippen molar-refractivity contribution >= 4 is 49.7 Å². The lowest BCUT2D eigenvalue weighted by molar-refractivity contribution is 0.384. The van der Waals surface area contributed by atoms with Crippen LogP contribution >= 0.6 is 34.5 Å². The highest BCUT2D eigenvalue weighted by Crippen LogP contribution is 2.30. The van der Waals surface area contributed by atoms with E-state index in [9.17, 15) is 8.42 Å². The largest absolute Gasteiger partial charge is 0.345 e. The van der Waals surface area contributed by atoms with E-state index in [0.29, 0.717) is 31.2 Å². The summed E-state index contributed by atoms with van der Waals surface area (Å²) < 4.78 is 27.4. The van der Waals surface area contributed by atoms with Crippen molar-refractivity contribution in [3.8, 4) is 0 Å². The van der Waals surface area contributed by atoms with E-state index in [-0.39, 0.29) is 9.92 Å². The van der Waals surface area contributed by atoms with E-state index in [1.54, 1.807) is 17.4 Å². The predicted octanol–water partition coefficient (Wildman–Crippen LogP) is 4.86. The summed E-state index contributed by atoms with van der Waals surface area (Å²) in [5.74, 6) is 0. The molecular formula is C21H21Cl2N3O2S2. The first-order valence-electron chi connectivity index (χ1n) is 9.53. The molecule has 0 unspecified atom stereocenters. The fraction of sp³-hybridized carbons (Fsp3) is 0.286. The molecule has 0 spiro atoms. The van der Waals surface area contributed by atoms with E-state index in [0.717, 1.165) is 17.2 Å². The molecular weight excluding hydrogens is 461 g/mol. The average Bonchev–Trinajstić information content (AvgIpc) is 3.20. The monoisotopic (exact) mass is 481 g/mol. The lowest BCUT2D eigenvalue weighted by atomic mass is 10.1. The molecule has 1 aliphatic heterocycles. The molecule has 2 aromatic carbocycles. The average molecular weight is 482 g/mol. The fourth-order valence-corrected chi connectivity index (χ4v) is 6.50. The minimum absolute atomic E-state index is 0.0554. The van der Waals surface area contributed by atoms with Crippen molar-refractivity contribution in [3.05, 3.63) is 74.7 Å². The highest BCUT2D eigenvalue weighted by atomic mass is 35.5. The Hall–Kier alpha value is -1.64. The van der Waals surface area contributed by atoms with Gasteiger partial charge in [-0.2, -0.15) is 4.31 Å². The van der Waals surface area contributed by atoms with Crippen LogP contribution in [0.3, 0.4) is 0 Å². The number of piperazine rings is 1. The van der Waals surface area contributed by atoms with Crippen LogP contribution in [0.25, 0.3) is 0 Å². The molecule has 5 nitrogen and oxygen atoms in total. The first-order chi connectivity index (χ1) is 14.3. The van der Waals surface area contributed by atoms with Crippen LogP contribution in [0.5, 0.6) is 0 Å². The van der Waals surface area contributed by atoms with Crippen molar-refractivity contribution in [2.75, 3.05) is 31.1 Å². The molecule has 30 heavy (non-hydrogen) atoms. The van der Waals surface area contributed by atoms with Gasteiger partial charge in [0.1, 0.15) is 4.90 Å². The van der Waals surface area contributed by atoms with Crippen LogP contribution in [0.2, 0.25) is 10.0 Å². The third-order valence-electron chi connectivity index (χ3n) is 5.19. The lowest BCUT2D eigenvalue weighted by Crippen LogP contribution is -2.48. The number of hydrogen-bond acceptors (Lipinski definition) is 5. The molecule has 0 bridgehead atoms. The number of aryl methyl sites for hydroxylation is 1. The Morgan fingerprint density at radius 1 is 1.07 bits per heavy atom. The van der Waals surface area contributed by atoms with E-state index < -0.39 is 10.0 Å². The highest BCUT2D eigenvalue weighted by molar-refractivity contribution is 7.89. The maximum Gasteiger partial charge on any atom is 0.244 e. The number of thiazole rings is 1. The smallest absolute Gasteiger partial charge is 0.244 e. The molecule has 0 amide bonds. The number of benzene rings is 2. The Balaban J connectivity index is 1.43. The molecule has 0 aliphatic carbocycles. The van der Waals surface area contributed by atoms with Crippen LogP contribution in [-0.4, -0.2) is 43.9 Å². The van der Waals surface area contributed by atoms with Crippen LogP contribution < -0.4 is 4.90 Å². The van der Waals surface area contributed by atoms with Gasteiger partial charge in [0, 0.05) is 43.0 Å². The SMILES string of the molecule is Cc1ccccc1Cc1csc(N2CCN(S(=O)(=O)c3cc(Cl)ccc3Cl)CC2)n1. The first-order valence-corrected chi connectivity index (χ1v) is 12.6. The van der Waals surface area contributed by atoms with Gasteiger partial charge in [0.15, 0.2) is 5.13 Å². The summed E-state index contributed by atoms with van der Waals surface area (Å²) in [5.41, 5.74) is 3.55. The number of nitrogens with zero attached hydrogens (tertiary/aromatic N) is 3. The topological polar surface area (TPSA) is 53.5 Å². The fourth-order valence-electron chi connectivity index (χ4n) is 3.46. The Kier molecular flexibility index (Phi) is 6.36. The van der Waals surface area contributed by atoms with Gasteiger partial charge in [-0.1, -0.05) is 47.5 Å². The maximum absolute atomic E-state index is 13.0. The van der Waals surface area contributed by atoms with Crippen molar-refractivity contribution in [3.63, 3.8) is 0 Å². The number of aromatic nitrogens is 1. The normalized spacial score (nSPS) is 15.5. The van der Waals surface area contributed by atoms with Gasteiger partial charge in [-0.3, -0.25) is 0 Å². The molecule has 0 saturated carbocycles. The van der Waals surface area contributed by atoms with E-state index in [2.05, 4.69) is 29.3 Å². The molecule has 3 aromatic rings. The van der Waals surface area contributed by atoms with E-state index in [1.165, 1.54) is 27.6 Å². The number of rotatable bonds is 5. The quantitative estimate of drug-likeness (QED) is 0.521. The van der Waals surface area contributed by atoms with Crippen molar-refractivity contribution in [2.24, 2.45) is 0 Å². The predicted molar refractivity (Wildman–Crippen MR) is 124 cm³/mol. The summed E-state index contributed by atoms with van der Waals surface area (Å²) in [4.78, 5) is 6.97. The summed E-state index contributed by atoms with van der Waals surface area (Å²) in [6.45, 7) is 4.01. The molecule has 1 saturated heterocycles. The summed E-state index contributed by atoms with van der Waals surface area (Å²) >= 11 is 13.7. The van der Waals surface area contributed by atoms with Crippen molar-refractivity contribution in [2.45, 2.75) is 18.2 Å². The number of halogens is 2. The number of anilines is 1. The molecule has 4 rings (SSSR count). The van der Waals surface area contributed by atoms with Gasteiger partial charge < -0.3 is 4.90 Å². The minimum atomic E-state index is -3.69. The molecule has 0 atom stereocenters. The van der Waals surface area contributed by atoms with Gasteiger partial charge in [-0.05, 0) is 36.2 Å². The minimum Gasteiger partial charge on any atom is -0.345 e. The zero-order valence-corrected chi connectivity index (χ0v) is 19.5. The zero-order valence-electron chi connectivity index (χ0n) is 16.4. The zero-order chi connectivity index (χ0) is 21.3. The Morgan fingerprint density at radius 2 is 1.80 bits per heavy atom. The Labute approximate surface area is 190 Å². The highest BCUT2D eigenvalue weighted by Gasteiger charge is 2.31. The summed E-state index contributed by atoms with van der Waals surface area (Å²) in [6.07, 6.45) is 0.796. The van der Waals surface area contributed by atoms with Crippen LogP contribution in [0, 0.1) is 6.92 Å². The second-order valence-corrected chi connectivity index (χ2v) is 10.8. The third-order valence-corrected chi connectivity index (χ3v) is 8.76. The molecule has 0 N–H and O–H groups in total. The Bertz CT molecular complexity index is 1160. The van der Waals surface area contributed by atoms with Crippen molar-refractivity contribution in [1.82, 2.24) is 9.29 Å². The van der Waals surface area contributed by atoms with E-state index in [1.807, 2.05) is 12.1 Å². The molecule has 0 radical (unpaired) electrons. The number of sulfonamides is 1. The van der Waals surface area contributed by atoms with Gasteiger partial charge in [-0.15, -0.1) is 11.3 Å². The first kappa shape index (κ1) is 21.6. The van der Waals surface area contributed by atoms with Gasteiger partial charge >= 0.3 is 0 Å². The standard InChI is InChI=1S/C21H21Cl2N3O2S2/c1-15-4-2-3-5-16(15)12-18-14-29-21(24-18)25-8-10-26(11-9-25)30(27,28)20-13-17(22)6-7-19(20)23/h2-7,13-14H,8-12H2,1H3. The second-order valence-electron chi connectivity index (χ2n) is 7.19. The maximum atomic E-state index is 13.0. The van der Waals surface area contributed by atoms with Crippen molar-refractivity contribution < 1.29 is 8.42 Å². The van der Waals surface area contributed by atoms with Crippen molar-refractivity contribution in [1.29, 1.82) is 0 Å². The molecule has 1 fully saturated rings. The number of hydrogen-bond donors (Lipinski definition) is 0. The lowest BCUT2D eigenvalue weighted by Gasteiger charge is -2.34. The van der Waals surface area contributed by atoms with Crippen LogP contribution in [-0.2, 0) is 16.4 Å². The van der Waals surface area contributed by atoms with E-state index >= 15 is 0 Å². The molecule has 2 heterocycles. The van der Waals surface area contributed by atoms with Crippen LogP contribution in [0.4, 0.5) is 5.13 Å². The Morgan fingerprint density at radius 3 is 2.53 bits per heavy atom. The summed E-state index contributed by atoms with van der Waals surface area (Å²) in [5, 5.41) is 3.54. The van der Waals surface area contributed by atoms with Gasteiger partial charge in [0.25, 0.3) is 0 Å². The van der Waals surface area contributed by atoms with E-state index in [4.69, 9.17) is 28.2 Å². The van der Waals surface area contributed by atoms with Crippen LogP contribution in [0.15, 0.2) is 52.7 Å². The summed E-state index contributed by atoms with van der Waals surface area (Å²) in [6, 6.07) is 12.8. The molecule has 158 valence electrons. The van der Waals surface area contributed by atoms with Gasteiger partial charge in [0.05, 0.1) is 10.7 Å². The molecule has 1 aromatic heterocycles. The molecule has 1 aliphatic rings. The molecule has 9 heteroatoms. The van der Waals surface area contributed by atoms with Crippen LogP contribution in [0.1, 0.15) is 16.8 Å². The van der Waals surface area contributed by atoms with Gasteiger partial charge in [0.2, 0.25) is 10.0 Å². The third kappa shape index (κ3) is 4.50. The van der Waals surface area contributed by atoms with Gasteiger partial charge in [-0.25, -0.2) is 13.4 Å². The summed E-state index contributed by atoms with van der Waals surface area (Å²) in [7, 11) is -3.69. The second kappa shape index (κ2) is 8.85.